The average molecular weight is 365 g/mol. The predicted octanol–water partition coefficient (Wildman–Crippen LogP) is 2.03. The van der Waals surface area contributed by atoms with Crippen LogP contribution in [0.15, 0.2) is 0 Å². The lowest BCUT2D eigenvalue weighted by Gasteiger charge is -2.05. The highest BCUT2D eigenvalue weighted by atomic mass is 32.2. The summed E-state index contributed by atoms with van der Waals surface area (Å²) in [5, 5.41) is 5.26. The average Bonchev–Trinajstić information content (AvgIpc) is 2.48. The van der Waals surface area contributed by atoms with Crippen LogP contribution in [0.4, 0.5) is 0 Å². The van der Waals surface area contributed by atoms with E-state index in [1.165, 1.54) is 0 Å². The predicted molar refractivity (Wildman–Crippen MR) is 94.3 cm³/mol. The van der Waals surface area contributed by atoms with Crippen molar-refractivity contribution in [3.8, 4) is 0 Å². The van der Waals surface area contributed by atoms with Crippen LogP contribution in [0.2, 0.25) is 0 Å². The van der Waals surface area contributed by atoms with Crippen LogP contribution in [0.1, 0.15) is 71.1 Å². The van der Waals surface area contributed by atoms with Crippen LogP contribution in [0.5, 0.6) is 0 Å². The molecule has 0 aliphatic carbocycles. The Morgan fingerprint density at radius 1 is 0.792 bits per heavy atom. The summed E-state index contributed by atoms with van der Waals surface area (Å²) >= 11 is 0. The first-order valence-corrected chi connectivity index (χ1v) is 10.4. The molecule has 2 amide bonds. The Balaban J connectivity index is 3.30. The van der Waals surface area contributed by atoms with E-state index in [-0.39, 0.29) is 18.4 Å². The van der Waals surface area contributed by atoms with E-state index < -0.39 is 15.9 Å². The van der Waals surface area contributed by atoms with Crippen molar-refractivity contribution in [3.05, 3.63) is 0 Å². The number of amides is 2. The third-order valence-corrected chi connectivity index (χ3v) is 4.33. The van der Waals surface area contributed by atoms with Crippen LogP contribution < -0.4 is 10.6 Å². The molecule has 0 aromatic heterocycles. The Morgan fingerprint density at radius 2 is 1.21 bits per heavy atom. The van der Waals surface area contributed by atoms with E-state index in [0.717, 1.165) is 51.4 Å². The number of rotatable bonds is 15. The smallest absolute Gasteiger partial charge is 0.266 e. The van der Waals surface area contributed by atoms with Crippen molar-refractivity contribution < 1.29 is 22.6 Å². The lowest BCUT2D eigenvalue weighted by atomic mass is 10.1. The number of hydrogen-bond donors (Lipinski definition) is 3. The Bertz CT molecular complexity index is 451. The van der Waals surface area contributed by atoms with Gasteiger partial charge in [-0.25, -0.2) is 0 Å². The van der Waals surface area contributed by atoms with Gasteiger partial charge in [0.1, 0.15) is 0 Å². The molecule has 0 aromatic rings. The highest BCUT2D eigenvalue weighted by Gasteiger charge is 2.06. The molecular weight excluding hydrogens is 332 g/mol. The first-order chi connectivity index (χ1) is 11.3. The standard InChI is InChI=1S/C16H32N2O5S/c1-2-17-15(19)11-9-7-5-3-4-6-8-10-12-16(20)18-13-14-24(21,22)23/h2-14H2,1H3,(H,17,19)(H,18,20)(H,21,22,23). The van der Waals surface area contributed by atoms with Gasteiger partial charge in [-0.05, 0) is 19.8 Å². The fraction of sp³-hybridized carbons (Fsp3) is 0.875. The summed E-state index contributed by atoms with van der Waals surface area (Å²) in [5.74, 6) is -0.491. The van der Waals surface area contributed by atoms with Gasteiger partial charge in [-0.2, -0.15) is 8.42 Å². The van der Waals surface area contributed by atoms with E-state index in [9.17, 15) is 18.0 Å². The molecule has 7 nitrogen and oxygen atoms in total. The van der Waals surface area contributed by atoms with E-state index in [1.807, 2.05) is 6.92 Å². The SMILES string of the molecule is CCNC(=O)CCCCCCCCCCC(=O)NCCS(=O)(=O)O. The van der Waals surface area contributed by atoms with Gasteiger partial charge in [0.05, 0.1) is 5.75 Å². The Labute approximate surface area is 145 Å². The highest BCUT2D eigenvalue weighted by molar-refractivity contribution is 7.85. The molecule has 24 heavy (non-hydrogen) atoms. The largest absolute Gasteiger partial charge is 0.356 e. The second-order valence-electron chi connectivity index (χ2n) is 5.92. The summed E-state index contributed by atoms with van der Waals surface area (Å²) < 4.78 is 29.5. The molecule has 3 N–H and O–H groups in total. The summed E-state index contributed by atoms with van der Waals surface area (Å²) in [6.45, 7) is 2.56. The molecule has 0 aromatic carbocycles. The molecule has 0 saturated heterocycles. The fourth-order valence-corrected chi connectivity index (χ4v) is 2.69. The van der Waals surface area contributed by atoms with Crippen LogP contribution in [-0.2, 0) is 19.7 Å². The minimum Gasteiger partial charge on any atom is -0.356 e. The highest BCUT2D eigenvalue weighted by Crippen LogP contribution is 2.10. The molecule has 8 heteroatoms. The van der Waals surface area contributed by atoms with E-state index in [1.54, 1.807) is 0 Å². The quantitative estimate of drug-likeness (QED) is 0.304. The number of nitrogens with one attached hydrogen (secondary N) is 2. The first-order valence-electron chi connectivity index (χ1n) is 8.83. The van der Waals surface area contributed by atoms with Gasteiger partial charge in [-0.3, -0.25) is 14.1 Å². The molecule has 0 aliphatic heterocycles. The third kappa shape index (κ3) is 17.2. The molecule has 0 spiro atoms. The zero-order valence-corrected chi connectivity index (χ0v) is 15.5. The van der Waals surface area contributed by atoms with Crippen molar-refractivity contribution in [3.63, 3.8) is 0 Å². The van der Waals surface area contributed by atoms with Gasteiger partial charge < -0.3 is 10.6 Å². The molecule has 0 bridgehead atoms. The lowest BCUT2D eigenvalue weighted by Crippen LogP contribution is -2.28. The van der Waals surface area contributed by atoms with Crippen molar-refractivity contribution in [1.29, 1.82) is 0 Å². The topological polar surface area (TPSA) is 113 Å². The van der Waals surface area contributed by atoms with Crippen molar-refractivity contribution in [2.24, 2.45) is 0 Å². The molecule has 0 rings (SSSR count). The van der Waals surface area contributed by atoms with Crippen LogP contribution in [0, 0.1) is 0 Å². The minimum atomic E-state index is -4.01. The van der Waals surface area contributed by atoms with E-state index in [4.69, 9.17) is 4.55 Å². The summed E-state index contributed by atoms with van der Waals surface area (Å²) in [6, 6.07) is 0. The Kier molecular flexibility index (Phi) is 13.5. The van der Waals surface area contributed by atoms with Crippen LogP contribution >= 0.6 is 0 Å². The number of carbonyl (C=O) groups excluding carboxylic acids is 2. The van der Waals surface area contributed by atoms with Crippen LogP contribution in [0.25, 0.3) is 0 Å². The molecule has 0 heterocycles. The molecule has 0 aliphatic rings. The second kappa shape index (κ2) is 14.2. The van der Waals surface area contributed by atoms with Crippen molar-refractivity contribution in [2.75, 3.05) is 18.8 Å². The van der Waals surface area contributed by atoms with E-state index in [0.29, 0.717) is 19.4 Å². The third-order valence-electron chi connectivity index (χ3n) is 3.61. The summed E-state index contributed by atoms with van der Waals surface area (Å²) in [4.78, 5) is 22.7. The summed E-state index contributed by atoms with van der Waals surface area (Å²) in [5.41, 5.74) is 0. The van der Waals surface area contributed by atoms with Gasteiger partial charge in [0.25, 0.3) is 10.1 Å². The molecule has 142 valence electrons. The van der Waals surface area contributed by atoms with Crippen molar-refractivity contribution in [1.82, 2.24) is 10.6 Å². The summed E-state index contributed by atoms with van der Waals surface area (Å²) in [7, 11) is -4.01. The van der Waals surface area contributed by atoms with Gasteiger partial charge in [-0.15, -0.1) is 0 Å². The Hall–Kier alpha value is -1.15. The lowest BCUT2D eigenvalue weighted by molar-refractivity contribution is -0.121. The van der Waals surface area contributed by atoms with Crippen LogP contribution in [0.3, 0.4) is 0 Å². The molecule has 0 unspecified atom stereocenters. The van der Waals surface area contributed by atoms with Gasteiger partial charge in [-0.1, -0.05) is 38.5 Å². The van der Waals surface area contributed by atoms with Gasteiger partial charge >= 0.3 is 0 Å². The van der Waals surface area contributed by atoms with E-state index >= 15 is 0 Å². The molecule has 0 fully saturated rings. The molecule has 0 saturated carbocycles. The first kappa shape index (κ1) is 22.9. The number of hydrogen-bond acceptors (Lipinski definition) is 4. The maximum absolute atomic E-state index is 11.4. The zero-order chi connectivity index (χ0) is 18.3. The molecule has 0 atom stereocenters. The fourth-order valence-electron chi connectivity index (χ4n) is 2.33. The van der Waals surface area contributed by atoms with Crippen molar-refractivity contribution >= 4 is 21.9 Å². The maximum Gasteiger partial charge on any atom is 0.266 e. The number of carbonyl (C=O) groups is 2. The van der Waals surface area contributed by atoms with Gasteiger partial charge in [0.15, 0.2) is 0 Å². The monoisotopic (exact) mass is 364 g/mol. The zero-order valence-electron chi connectivity index (χ0n) is 14.7. The van der Waals surface area contributed by atoms with Gasteiger partial charge in [0, 0.05) is 25.9 Å². The van der Waals surface area contributed by atoms with Crippen molar-refractivity contribution in [2.45, 2.75) is 71.1 Å². The van der Waals surface area contributed by atoms with Gasteiger partial charge in [0.2, 0.25) is 11.8 Å². The van der Waals surface area contributed by atoms with Crippen LogP contribution in [-0.4, -0.2) is 43.6 Å². The molecule has 0 radical (unpaired) electrons. The normalized spacial score (nSPS) is 11.2. The molecular formula is C16H32N2O5S. The number of unbranched alkanes of at least 4 members (excludes halogenated alkanes) is 7. The summed E-state index contributed by atoms with van der Waals surface area (Å²) in [6.07, 6.45) is 9.27. The Morgan fingerprint density at radius 3 is 1.62 bits per heavy atom. The minimum absolute atomic E-state index is 0.0477. The maximum atomic E-state index is 11.4. The second-order valence-corrected chi connectivity index (χ2v) is 7.49. The van der Waals surface area contributed by atoms with E-state index in [2.05, 4.69) is 10.6 Å².